The number of rotatable bonds is 7. The number of anilines is 2. The van der Waals surface area contributed by atoms with Crippen molar-refractivity contribution in [1.82, 2.24) is 59.5 Å². The Labute approximate surface area is 496 Å². The predicted molar refractivity (Wildman–Crippen MR) is 318 cm³/mol. The highest BCUT2D eigenvalue weighted by Crippen LogP contribution is 2.37. The van der Waals surface area contributed by atoms with Gasteiger partial charge in [0.1, 0.15) is 27.1 Å². The molecule has 0 aliphatic heterocycles. The van der Waals surface area contributed by atoms with Gasteiger partial charge in [-0.25, -0.2) is 60.3 Å². The molecule has 15 nitrogen and oxygen atoms in total. The van der Waals surface area contributed by atoms with Crippen LogP contribution in [0.25, 0.3) is 17.5 Å². The summed E-state index contributed by atoms with van der Waals surface area (Å²) >= 11 is 16.7. The number of aromatic nitrogens is 12. The van der Waals surface area contributed by atoms with Crippen LogP contribution in [0, 0.1) is 55.4 Å². The second-order valence-corrected chi connectivity index (χ2v) is 22.4. The molecule has 11 rings (SSSR count). The second-order valence-electron chi connectivity index (χ2n) is 21.2. The van der Waals surface area contributed by atoms with Crippen molar-refractivity contribution in [2.75, 3.05) is 17.3 Å². The Bertz CT molecular complexity index is 3240. The van der Waals surface area contributed by atoms with E-state index in [9.17, 15) is 26.3 Å². The van der Waals surface area contributed by atoms with Gasteiger partial charge in [0.15, 0.2) is 17.5 Å². The fourth-order valence-corrected chi connectivity index (χ4v) is 9.97. The number of nitrogens with one attached hydrogen (secondary N) is 2. The number of alkyl halides is 6. The maximum Gasteiger partial charge on any atom is 0.248 e. The van der Waals surface area contributed by atoms with Gasteiger partial charge in [0.25, 0.3) is 0 Å². The highest BCUT2D eigenvalue weighted by molar-refractivity contribution is 6.32. The minimum Gasteiger partial charge on any atom is -0.367 e. The third-order valence-corrected chi connectivity index (χ3v) is 14.4. The fraction of sp³-hybridized carbons (Fsp3) is 0.458. The Morgan fingerprint density at radius 1 is 0.506 bits per heavy atom. The number of halogens is 9. The van der Waals surface area contributed by atoms with E-state index in [2.05, 4.69) is 50.7 Å². The third-order valence-electron chi connectivity index (χ3n) is 13.8. The van der Waals surface area contributed by atoms with Crippen molar-refractivity contribution in [3.05, 3.63) is 158 Å². The number of pyridine rings is 4. The molecule has 8 aromatic rings. The molecule has 83 heavy (non-hydrogen) atoms. The van der Waals surface area contributed by atoms with Crippen molar-refractivity contribution in [2.24, 2.45) is 5.73 Å². The van der Waals surface area contributed by atoms with Crippen LogP contribution in [-0.4, -0.2) is 102 Å². The molecule has 8 aromatic heterocycles. The number of aromatic amines is 1. The zero-order valence-electron chi connectivity index (χ0n) is 48.3. The predicted octanol–water partition coefficient (Wildman–Crippen LogP) is 15.2. The van der Waals surface area contributed by atoms with Gasteiger partial charge >= 0.3 is 0 Å². The van der Waals surface area contributed by atoms with Gasteiger partial charge in [0.05, 0.1) is 22.8 Å². The Morgan fingerprint density at radius 2 is 0.904 bits per heavy atom. The zero-order chi connectivity index (χ0) is 60.6. The molecule has 448 valence electrons. The molecule has 3 aliphatic rings. The summed E-state index contributed by atoms with van der Waals surface area (Å²) in [5.74, 6) is -3.69. The highest BCUT2D eigenvalue weighted by atomic mass is 35.5. The molecule has 0 bridgehead atoms. The molecule has 0 saturated heterocycles. The largest absolute Gasteiger partial charge is 0.367 e. The van der Waals surface area contributed by atoms with Crippen LogP contribution in [0.1, 0.15) is 123 Å². The van der Waals surface area contributed by atoms with Gasteiger partial charge in [-0.05, 0) is 167 Å². The molecule has 3 fully saturated rings. The van der Waals surface area contributed by atoms with E-state index in [0.29, 0.717) is 59.8 Å². The Balaban J connectivity index is 0.000000169. The van der Waals surface area contributed by atoms with E-state index in [0.717, 1.165) is 68.8 Å². The lowest BCUT2D eigenvalue weighted by Crippen LogP contribution is -2.39. The lowest BCUT2D eigenvalue weighted by Gasteiger charge is -2.35. The molecule has 24 heteroatoms. The van der Waals surface area contributed by atoms with Gasteiger partial charge in [-0.15, -0.1) is 0 Å². The summed E-state index contributed by atoms with van der Waals surface area (Å²) < 4.78 is 83.1. The van der Waals surface area contributed by atoms with Crippen LogP contribution in [0.4, 0.5) is 38.0 Å². The molecule has 0 amide bonds. The minimum absolute atomic E-state index is 0.0182. The topological polar surface area (TPSA) is 175 Å². The van der Waals surface area contributed by atoms with E-state index in [1.54, 1.807) is 33.6 Å². The normalized spacial score (nSPS) is 16.4. The van der Waals surface area contributed by atoms with Crippen molar-refractivity contribution in [3.63, 3.8) is 0 Å². The van der Waals surface area contributed by atoms with E-state index in [-0.39, 0.29) is 56.7 Å². The maximum absolute atomic E-state index is 13.3. The Morgan fingerprint density at radius 3 is 1.28 bits per heavy atom. The van der Waals surface area contributed by atoms with Gasteiger partial charge in [-0.3, -0.25) is 5.10 Å². The summed E-state index contributed by atoms with van der Waals surface area (Å²) in [5.41, 5.74) is 13.5. The van der Waals surface area contributed by atoms with Crippen LogP contribution in [0.3, 0.4) is 0 Å². The molecule has 8 heterocycles. The zero-order valence-corrected chi connectivity index (χ0v) is 50.6. The Kier molecular flexibility index (Phi) is 23.6. The van der Waals surface area contributed by atoms with Gasteiger partial charge in [0, 0.05) is 86.5 Å². The average molecular weight is 1210 g/mol. The monoisotopic (exact) mass is 1210 g/mol. The molecule has 0 spiro atoms. The smallest absolute Gasteiger partial charge is 0.248 e. The number of hydrogen-bond donors (Lipinski definition) is 3. The first-order chi connectivity index (χ1) is 39.1. The SMILES string of the molecule is Cc1cc(C)[nH]n1.Cc1cc(C)n(-c2cccc(Cl)n2)n1.Cc1cc(C)n(-c2cccc(N(C)C3CCC(F)(F)CC3)n2)n1.Cc1cc(C)n(-c2cccc(NC3CCC(F)(F)CC3)n2)n1.Clc1cccc(Cl)n1.NC1CCC(F)(F)CC1. The average Bonchev–Trinajstić information content (AvgIpc) is 4.26. The number of hydrogen-bond acceptors (Lipinski definition) is 11. The molecule has 0 unspecified atom stereocenters. The fourth-order valence-electron chi connectivity index (χ4n) is 9.44. The molecule has 3 aliphatic carbocycles. The number of aryl methyl sites for hydroxylation is 8. The van der Waals surface area contributed by atoms with E-state index >= 15 is 0 Å². The van der Waals surface area contributed by atoms with E-state index in [1.165, 1.54) is 0 Å². The summed E-state index contributed by atoms with van der Waals surface area (Å²) in [4.78, 5) is 19.1. The van der Waals surface area contributed by atoms with Gasteiger partial charge < -0.3 is 16.0 Å². The molecule has 4 N–H and O–H groups in total. The minimum atomic E-state index is -2.50. The number of nitrogens with two attached hydrogens (primary N) is 1. The second kappa shape index (κ2) is 29.8. The number of nitrogens with zero attached hydrogens (tertiary/aromatic N) is 12. The van der Waals surface area contributed by atoms with Crippen LogP contribution in [-0.2, 0) is 0 Å². The summed E-state index contributed by atoms with van der Waals surface area (Å²) in [6.45, 7) is 15.7. The van der Waals surface area contributed by atoms with E-state index in [4.69, 9.17) is 40.5 Å². The first-order valence-corrected chi connectivity index (χ1v) is 28.6. The molecular weight excluding hydrogens is 1140 g/mol. The molecule has 0 aromatic carbocycles. The summed E-state index contributed by atoms with van der Waals surface area (Å²) in [6, 6.07) is 30.2. The van der Waals surface area contributed by atoms with Crippen LogP contribution in [0.5, 0.6) is 0 Å². The van der Waals surface area contributed by atoms with E-state index in [1.807, 2.05) is 145 Å². The van der Waals surface area contributed by atoms with E-state index < -0.39 is 17.8 Å². The van der Waals surface area contributed by atoms with Crippen molar-refractivity contribution in [1.29, 1.82) is 0 Å². The van der Waals surface area contributed by atoms with Crippen LogP contribution in [0.2, 0.25) is 15.5 Å². The van der Waals surface area contributed by atoms with Crippen LogP contribution < -0.4 is 16.0 Å². The molecular formula is C59H74Cl3F6N15. The highest BCUT2D eigenvalue weighted by Gasteiger charge is 2.37. The van der Waals surface area contributed by atoms with Gasteiger partial charge in [0.2, 0.25) is 17.8 Å². The van der Waals surface area contributed by atoms with Crippen LogP contribution >= 0.6 is 34.8 Å². The Hall–Kier alpha value is -6.55. The van der Waals surface area contributed by atoms with Crippen molar-refractivity contribution in [2.45, 2.75) is 168 Å². The van der Waals surface area contributed by atoms with Gasteiger partial charge in [-0.2, -0.15) is 20.4 Å². The van der Waals surface area contributed by atoms with Gasteiger partial charge in [-0.1, -0.05) is 59.1 Å². The standard InChI is InChI=1S/C17H22F2N4.C16H20F2N4.C10H10ClN3.C6H11F2N.C5H3Cl2N.C5H8N2/c1-12-11-13(2)23(21-12)16-6-4-5-15(20-16)22(3)14-7-9-17(18,19)10-8-14;1-11-10-12(2)22(21-11)15-5-3-4-14(20-15)19-13-6-8-16(17,18)9-7-13;1-7-6-8(2)14(13-7)10-5-3-4-9(11)12-10;7-6(8)3-1-5(9)2-4-6;6-4-2-1-3-5(7)8-4;1-4-3-5(2)7-6-4/h4-6,11,14H,7-10H2,1-3H3;3-5,10,13H,6-9H2,1-2H3,(H,19,20);3-6H,1-2H3;5H,1-4,9H2;1-3H;3H,1-2H3,(H,6,7). The first-order valence-electron chi connectivity index (χ1n) is 27.5. The molecule has 0 atom stereocenters. The summed E-state index contributed by atoms with van der Waals surface area (Å²) in [6.07, 6.45) is 2.66. The van der Waals surface area contributed by atoms with Crippen molar-refractivity contribution in [3.8, 4) is 17.5 Å². The molecule has 0 radical (unpaired) electrons. The quantitative estimate of drug-likeness (QED) is 0.102. The lowest BCUT2D eigenvalue weighted by molar-refractivity contribution is -0.0382. The van der Waals surface area contributed by atoms with Crippen LogP contribution in [0.15, 0.2) is 97.1 Å². The summed E-state index contributed by atoms with van der Waals surface area (Å²) in [5, 5.41) is 24.5. The van der Waals surface area contributed by atoms with Crippen molar-refractivity contribution >= 4 is 46.4 Å². The first kappa shape index (κ1) is 65.6. The van der Waals surface area contributed by atoms with Crippen molar-refractivity contribution < 1.29 is 26.3 Å². The molecule has 3 saturated carbocycles. The summed E-state index contributed by atoms with van der Waals surface area (Å²) in [7, 11) is 1.93. The maximum atomic E-state index is 13.3. The lowest BCUT2D eigenvalue weighted by atomic mass is 9.91. The number of H-pyrrole nitrogens is 1. The third kappa shape index (κ3) is 21.2.